The normalized spacial score (nSPS) is 6.50. The first-order valence-corrected chi connectivity index (χ1v) is 2.05. The Kier molecular flexibility index (Phi) is 3.92. The molecular formula is C3H5Rh-. The third-order valence-corrected chi connectivity index (χ3v) is 0.569. The molecule has 0 N–H and O–H groups in total. The van der Waals surface area contributed by atoms with Crippen LogP contribution in [0.1, 0.15) is 6.42 Å². The van der Waals surface area contributed by atoms with Crippen molar-refractivity contribution < 1.29 is 17.9 Å². The summed E-state index contributed by atoms with van der Waals surface area (Å²) >= 11 is 2.62. The Bertz CT molecular complexity index is 17.2. The van der Waals surface area contributed by atoms with E-state index in [1.807, 2.05) is 4.61 Å². The van der Waals surface area contributed by atoms with Crippen LogP contribution in [0.15, 0.2) is 0 Å². The predicted octanol–water partition coefficient (Wildman–Crippen LogP) is 0.560. The van der Waals surface area contributed by atoms with Crippen molar-refractivity contribution >= 4 is 4.61 Å². The number of rotatable bonds is 1. The van der Waals surface area contributed by atoms with E-state index in [0.29, 0.717) is 0 Å². The van der Waals surface area contributed by atoms with Crippen LogP contribution in [-0.4, -0.2) is 4.61 Å². The maximum atomic E-state index is 3.52. The van der Waals surface area contributed by atoms with Gasteiger partial charge in [-0.25, -0.2) is 0 Å². The zero-order valence-corrected chi connectivity index (χ0v) is 3.96. The second-order valence-electron chi connectivity index (χ2n) is 0.425. The first kappa shape index (κ1) is 4.49. The summed E-state index contributed by atoms with van der Waals surface area (Å²) in [7, 11) is 0. The molecule has 0 bridgehead atoms. The van der Waals surface area contributed by atoms with Gasteiger partial charge in [-0.05, 0) is 0 Å². The van der Waals surface area contributed by atoms with Crippen LogP contribution < -0.4 is 0 Å². The molecule has 0 radical (unpaired) electrons. The van der Waals surface area contributed by atoms with Crippen LogP contribution in [0.25, 0.3) is 0 Å². The van der Waals surface area contributed by atoms with E-state index in [0.717, 1.165) is 6.42 Å². The van der Waals surface area contributed by atoms with Gasteiger partial charge in [-0.15, -0.1) is 0 Å². The first-order valence-electron chi connectivity index (χ1n) is 1.10. The third kappa shape index (κ3) is 2.49. The molecular weight excluding hydrogens is 139 g/mol. The number of hydrogen-bond donors (Lipinski definition) is 0. The Morgan fingerprint density at radius 2 is 2.25 bits per heavy atom. The molecule has 0 aliphatic rings. The van der Waals surface area contributed by atoms with Crippen LogP contribution in [0, 0.1) is 6.92 Å². The van der Waals surface area contributed by atoms with Crippen LogP contribution in [0.4, 0.5) is 0 Å². The molecule has 0 heterocycles. The van der Waals surface area contributed by atoms with E-state index < -0.39 is 0 Å². The summed E-state index contributed by atoms with van der Waals surface area (Å²) in [6.45, 7) is 3.52. The van der Waals surface area contributed by atoms with Gasteiger partial charge in [0, 0.05) is 0 Å². The third-order valence-electron chi connectivity index (χ3n) is 0.0962. The molecule has 0 aromatic rings. The summed E-state index contributed by atoms with van der Waals surface area (Å²) in [5.41, 5.74) is 0. The average molecular weight is 144 g/mol. The fourth-order valence-electron chi connectivity index (χ4n) is 0. The van der Waals surface area contributed by atoms with E-state index >= 15 is 0 Å². The minimum absolute atomic E-state index is 0.896. The van der Waals surface area contributed by atoms with Crippen molar-refractivity contribution in [2.75, 3.05) is 0 Å². The van der Waals surface area contributed by atoms with Crippen molar-refractivity contribution in [1.29, 1.82) is 0 Å². The fraction of sp³-hybridized carbons (Fsp3) is 0.333. The summed E-state index contributed by atoms with van der Waals surface area (Å²) in [5.74, 6) is 0. The summed E-state index contributed by atoms with van der Waals surface area (Å²) in [6, 6.07) is 0. The summed E-state index contributed by atoms with van der Waals surface area (Å²) in [4.78, 5) is 0. The molecule has 4 heavy (non-hydrogen) atoms. The second kappa shape index (κ2) is 3.49. The van der Waals surface area contributed by atoms with E-state index in [2.05, 4.69) is 24.8 Å². The van der Waals surface area contributed by atoms with E-state index in [9.17, 15) is 0 Å². The molecule has 0 amide bonds. The van der Waals surface area contributed by atoms with Gasteiger partial charge >= 0.3 is 35.8 Å². The Labute approximate surface area is 36.4 Å². The maximum absolute atomic E-state index is 3.52. The van der Waals surface area contributed by atoms with Crippen LogP contribution in [-0.2, 0) is 17.9 Å². The van der Waals surface area contributed by atoms with Crippen LogP contribution >= 0.6 is 0 Å². The standard InChI is InChI=1S/C3H5.Rh/c1-3-2;/h1H,2-3H2;/q-1;. The molecule has 0 atom stereocenters. The minimum atomic E-state index is 0.896. The fourth-order valence-corrected chi connectivity index (χ4v) is 0. The second-order valence-corrected chi connectivity index (χ2v) is 1.09. The molecule has 0 fully saturated rings. The van der Waals surface area contributed by atoms with Gasteiger partial charge in [0.1, 0.15) is 0 Å². The molecule has 0 rings (SSSR count). The number of hydrogen-bond acceptors (Lipinski definition) is 0. The Morgan fingerprint density at radius 1 is 2.00 bits per heavy atom. The Morgan fingerprint density at radius 3 is 2.25 bits per heavy atom. The molecule has 0 unspecified atom stereocenters. The Balaban J connectivity index is 2.30. The molecule has 0 aliphatic carbocycles. The zero-order chi connectivity index (χ0) is 3.41. The van der Waals surface area contributed by atoms with Gasteiger partial charge in [-0.1, -0.05) is 0 Å². The summed E-state index contributed by atoms with van der Waals surface area (Å²) < 4.78 is 1.90. The molecule has 0 aromatic carbocycles. The summed E-state index contributed by atoms with van der Waals surface area (Å²) in [6.07, 6.45) is 0.896. The van der Waals surface area contributed by atoms with Gasteiger partial charge < -0.3 is 0 Å². The van der Waals surface area contributed by atoms with Gasteiger partial charge in [0.15, 0.2) is 0 Å². The first-order chi connectivity index (χ1) is 1.91. The molecule has 0 saturated heterocycles. The van der Waals surface area contributed by atoms with Gasteiger partial charge in [0.25, 0.3) is 0 Å². The molecule has 0 aromatic heterocycles. The monoisotopic (exact) mass is 144 g/mol. The molecule has 1 heteroatoms. The quantitative estimate of drug-likeness (QED) is 0.372. The van der Waals surface area contributed by atoms with Crippen LogP contribution in [0.5, 0.6) is 0 Å². The van der Waals surface area contributed by atoms with Crippen molar-refractivity contribution in [2.24, 2.45) is 0 Å². The van der Waals surface area contributed by atoms with Gasteiger partial charge in [-0.3, -0.25) is 0 Å². The molecule has 0 spiro atoms. The van der Waals surface area contributed by atoms with Gasteiger partial charge in [-0.2, -0.15) is 0 Å². The molecule has 0 saturated carbocycles. The molecule has 0 nitrogen and oxygen atoms in total. The van der Waals surface area contributed by atoms with Crippen molar-refractivity contribution in [2.45, 2.75) is 6.42 Å². The van der Waals surface area contributed by atoms with Crippen molar-refractivity contribution in [1.82, 2.24) is 0 Å². The van der Waals surface area contributed by atoms with E-state index in [-0.39, 0.29) is 0 Å². The van der Waals surface area contributed by atoms with Crippen molar-refractivity contribution in [3.05, 3.63) is 6.92 Å². The van der Waals surface area contributed by atoms with Crippen molar-refractivity contribution in [3.8, 4) is 0 Å². The Hall–Kier alpha value is 0.493. The SMILES string of the molecule is [CH2-]C[CH]=[Rh]. The topological polar surface area (TPSA) is 0 Å². The predicted molar refractivity (Wildman–Crippen MR) is 16.0 cm³/mol. The van der Waals surface area contributed by atoms with E-state index in [1.54, 1.807) is 0 Å². The summed E-state index contributed by atoms with van der Waals surface area (Å²) in [5, 5.41) is 0. The van der Waals surface area contributed by atoms with E-state index in [4.69, 9.17) is 0 Å². The molecule has 0 aliphatic heterocycles. The van der Waals surface area contributed by atoms with Crippen LogP contribution in [0.3, 0.4) is 0 Å². The average Bonchev–Trinajstić information content (AvgIpc) is 1.37. The zero-order valence-electron chi connectivity index (χ0n) is 2.32. The van der Waals surface area contributed by atoms with Crippen molar-refractivity contribution in [3.63, 3.8) is 0 Å². The van der Waals surface area contributed by atoms with E-state index in [1.165, 1.54) is 0 Å². The van der Waals surface area contributed by atoms with Crippen LogP contribution in [0.2, 0.25) is 0 Å². The molecule has 27 valence electrons. The van der Waals surface area contributed by atoms with Gasteiger partial charge in [0.05, 0.1) is 0 Å². The van der Waals surface area contributed by atoms with Gasteiger partial charge in [0.2, 0.25) is 0 Å².